The topological polar surface area (TPSA) is 84.0 Å². The zero-order valence-corrected chi connectivity index (χ0v) is 9.54. The molecule has 0 unspecified atom stereocenters. The first-order valence-corrected chi connectivity index (χ1v) is 5.38. The van der Waals surface area contributed by atoms with Crippen LogP contribution in [-0.2, 0) is 16.1 Å². The molecule has 0 bridgehead atoms. The largest absolute Gasteiger partial charge is 0.375 e. The fourth-order valence-corrected chi connectivity index (χ4v) is 1.71. The first-order valence-electron chi connectivity index (χ1n) is 5.38. The van der Waals surface area contributed by atoms with Crippen LogP contribution in [0.5, 0.6) is 0 Å². The van der Waals surface area contributed by atoms with E-state index in [9.17, 15) is 4.79 Å². The van der Waals surface area contributed by atoms with Crippen LogP contribution in [0.25, 0.3) is 0 Å². The second-order valence-electron chi connectivity index (χ2n) is 3.90. The molecule has 2 rings (SSSR count). The molecule has 1 fully saturated rings. The summed E-state index contributed by atoms with van der Waals surface area (Å²) in [5, 5.41) is 12.4. The van der Waals surface area contributed by atoms with Crippen molar-refractivity contribution in [1.82, 2.24) is 19.7 Å². The highest BCUT2D eigenvalue weighted by Gasteiger charge is 2.21. The van der Waals surface area contributed by atoms with E-state index in [-0.39, 0.29) is 24.4 Å². The Morgan fingerprint density at radius 1 is 1.76 bits per heavy atom. The summed E-state index contributed by atoms with van der Waals surface area (Å²) >= 11 is 0. The van der Waals surface area contributed by atoms with E-state index >= 15 is 0 Å². The van der Waals surface area contributed by atoms with Gasteiger partial charge in [0.2, 0.25) is 5.91 Å². The molecular formula is C10H13N5O2. The number of aromatic nitrogens is 3. The molecule has 0 N–H and O–H groups in total. The highest BCUT2D eigenvalue weighted by Crippen LogP contribution is 2.05. The monoisotopic (exact) mass is 235 g/mol. The first-order chi connectivity index (χ1) is 8.19. The van der Waals surface area contributed by atoms with Crippen molar-refractivity contribution in [1.29, 1.82) is 5.26 Å². The van der Waals surface area contributed by atoms with E-state index in [2.05, 4.69) is 10.1 Å². The van der Waals surface area contributed by atoms with E-state index in [1.807, 2.05) is 13.0 Å². The molecule has 1 atom stereocenters. The van der Waals surface area contributed by atoms with Crippen LogP contribution in [0.1, 0.15) is 12.7 Å². The molecule has 1 aromatic heterocycles. The maximum absolute atomic E-state index is 11.9. The van der Waals surface area contributed by atoms with E-state index in [0.717, 1.165) is 0 Å². The van der Waals surface area contributed by atoms with Gasteiger partial charge in [-0.25, -0.2) is 9.67 Å². The summed E-state index contributed by atoms with van der Waals surface area (Å²) in [6, 6.07) is 1.82. The Bertz CT molecular complexity index is 450. The molecular weight excluding hydrogens is 222 g/mol. The SMILES string of the molecule is C[C@@H]1CN(C(=O)Cn2cnc(C#N)n2)CCO1. The van der Waals surface area contributed by atoms with Gasteiger partial charge in [0, 0.05) is 13.1 Å². The van der Waals surface area contributed by atoms with Crippen LogP contribution in [-0.4, -0.2) is 51.4 Å². The fraction of sp³-hybridized carbons (Fsp3) is 0.600. The van der Waals surface area contributed by atoms with Crippen molar-refractivity contribution >= 4 is 5.91 Å². The minimum absolute atomic E-state index is 0.0328. The van der Waals surface area contributed by atoms with Crippen molar-refractivity contribution in [2.45, 2.75) is 19.6 Å². The van der Waals surface area contributed by atoms with Gasteiger partial charge in [-0.15, -0.1) is 5.10 Å². The average Bonchev–Trinajstić information content (AvgIpc) is 2.77. The number of hydrogen-bond donors (Lipinski definition) is 0. The van der Waals surface area contributed by atoms with Gasteiger partial charge < -0.3 is 9.64 Å². The highest BCUT2D eigenvalue weighted by atomic mass is 16.5. The third-order valence-electron chi connectivity index (χ3n) is 2.53. The van der Waals surface area contributed by atoms with Crippen molar-refractivity contribution < 1.29 is 9.53 Å². The summed E-state index contributed by atoms with van der Waals surface area (Å²) in [7, 11) is 0. The molecule has 0 aromatic carbocycles. The number of nitriles is 1. The molecule has 0 aliphatic carbocycles. The van der Waals surface area contributed by atoms with Gasteiger partial charge in [-0.3, -0.25) is 4.79 Å². The molecule has 1 aromatic rings. The Morgan fingerprint density at radius 2 is 2.59 bits per heavy atom. The van der Waals surface area contributed by atoms with Crippen LogP contribution in [0.2, 0.25) is 0 Å². The predicted molar refractivity (Wildman–Crippen MR) is 56.7 cm³/mol. The normalized spacial score (nSPS) is 20.0. The lowest BCUT2D eigenvalue weighted by atomic mass is 10.3. The standard InChI is InChI=1S/C10H13N5O2/c1-8-5-14(2-3-17-8)10(16)6-15-7-12-9(4-11)13-15/h7-8H,2-3,5-6H2,1H3/t8-/m1/s1. The maximum Gasteiger partial charge on any atom is 0.252 e. The summed E-state index contributed by atoms with van der Waals surface area (Å²) in [5.41, 5.74) is 0. The lowest BCUT2D eigenvalue weighted by Crippen LogP contribution is -2.45. The third-order valence-corrected chi connectivity index (χ3v) is 2.53. The average molecular weight is 235 g/mol. The Morgan fingerprint density at radius 3 is 3.24 bits per heavy atom. The lowest BCUT2D eigenvalue weighted by Gasteiger charge is -2.31. The smallest absolute Gasteiger partial charge is 0.252 e. The Labute approximate surface area is 98.6 Å². The van der Waals surface area contributed by atoms with Gasteiger partial charge in [-0.2, -0.15) is 5.26 Å². The van der Waals surface area contributed by atoms with E-state index in [4.69, 9.17) is 10.00 Å². The number of hydrogen-bond acceptors (Lipinski definition) is 5. The van der Waals surface area contributed by atoms with E-state index in [1.165, 1.54) is 11.0 Å². The predicted octanol–water partition coefficient (Wildman–Crippen LogP) is -0.603. The summed E-state index contributed by atoms with van der Waals surface area (Å²) in [6.07, 6.45) is 1.46. The number of morpholine rings is 1. The van der Waals surface area contributed by atoms with E-state index < -0.39 is 0 Å². The third kappa shape index (κ3) is 2.79. The van der Waals surface area contributed by atoms with Gasteiger partial charge >= 0.3 is 0 Å². The molecule has 0 radical (unpaired) electrons. The van der Waals surface area contributed by atoms with Crippen LogP contribution in [0, 0.1) is 11.3 Å². The number of amides is 1. The molecule has 2 heterocycles. The van der Waals surface area contributed by atoms with E-state index in [1.54, 1.807) is 4.90 Å². The van der Waals surface area contributed by atoms with Crippen LogP contribution in [0.15, 0.2) is 6.33 Å². The first kappa shape index (κ1) is 11.5. The van der Waals surface area contributed by atoms with Crippen molar-refractivity contribution in [2.75, 3.05) is 19.7 Å². The van der Waals surface area contributed by atoms with Crippen LogP contribution >= 0.6 is 0 Å². The van der Waals surface area contributed by atoms with Crippen LogP contribution < -0.4 is 0 Å². The molecule has 0 spiro atoms. The van der Waals surface area contributed by atoms with E-state index in [0.29, 0.717) is 19.7 Å². The van der Waals surface area contributed by atoms with Gasteiger partial charge in [0.1, 0.15) is 18.9 Å². The van der Waals surface area contributed by atoms with Gasteiger partial charge in [0.25, 0.3) is 5.82 Å². The zero-order chi connectivity index (χ0) is 12.3. The number of carbonyl (C=O) groups is 1. The van der Waals surface area contributed by atoms with Gasteiger partial charge in [-0.1, -0.05) is 0 Å². The number of ether oxygens (including phenoxy) is 1. The zero-order valence-electron chi connectivity index (χ0n) is 9.54. The van der Waals surface area contributed by atoms with Gasteiger partial charge in [-0.05, 0) is 6.92 Å². The second-order valence-corrected chi connectivity index (χ2v) is 3.90. The summed E-state index contributed by atoms with van der Waals surface area (Å²) < 4.78 is 6.73. The molecule has 0 saturated carbocycles. The molecule has 1 saturated heterocycles. The molecule has 1 amide bonds. The molecule has 90 valence electrons. The fourth-order valence-electron chi connectivity index (χ4n) is 1.71. The Balaban J connectivity index is 1.94. The quantitative estimate of drug-likeness (QED) is 0.683. The molecule has 17 heavy (non-hydrogen) atoms. The van der Waals surface area contributed by atoms with Crippen LogP contribution in [0.4, 0.5) is 0 Å². The lowest BCUT2D eigenvalue weighted by molar-refractivity contribution is -0.139. The van der Waals surface area contributed by atoms with Crippen molar-refractivity contribution in [3.63, 3.8) is 0 Å². The highest BCUT2D eigenvalue weighted by molar-refractivity contribution is 5.76. The van der Waals surface area contributed by atoms with Gasteiger partial charge in [0.15, 0.2) is 0 Å². The number of carbonyl (C=O) groups excluding carboxylic acids is 1. The van der Waals surface area contributed by atoms with Gasteiger partial charge in [0.05, 0.1) is 12.7 Å². The maximum atomic E-state index is 11.9. The Hall–Kier alpha value is -1.94. The summed E-state index contributed by atoms with van der Waals surface area (Å²) in [4.78, 5) is 17.4. The molecule has 1 aliphatic heterocycles. The minimum Gasteiger partial charge on any atom is -0.375 e. The molecule has 7 heteroatoms. The molecule has 7 nitrogen and oxygen atoms in total. The Kier molecular flexibility index (Phi) is 3.35. The van der Waals surface area contributed by atoms with Crippen molar-refractivity contribution in [2.24, 2.45) is 0 Å². The summed E-state index contributed by atoms with van der Waals surface area (Å²) in [5.74, 6) is 0.0442. The number of rotatable bonds is 2. The molecule has 1 aliphatic rings. The number of nitrogens with zero attached hydrogens (tertiary/aromatic N) is 5. The second kappa shape index (κ2) is 4.93. The van der Waals surface area contributed by atoms with Crippen LogP contribution in [0.3, 0.4) is 0 Å². The van der Waals surface area contributed by atoms with Crippen molar-refractivity contribution in [3.05, 3.63) is 12.2 Å². The van der Waals surface area contributed by atoms with Crippen molar-refractivity contribution in [3.8, 4) is 6.07 Å². The minimum atomic E-state index is -0.0328. The summed E-state index contributed by atoms with van der Waals surface area (Å²) in [6.45, 7) is 3.80.